The molecule has 3 heteroatoms. The molecule has 0 heterocycles. The Morgan fingerprint density at radius 1 is 1.41 bits per heavy atom. The van der Waals surface area contributed by atoms with Crippen LogP contribution in [0.3, 0.4) is 0 Å². The molecule has 0 aromatic heterocycles. The summed E-state index contributed by atoms with van der Waals surface area (Å²) < 4.78 is 5.80. The fourth-order valence-corrected chi connectivity index (χ4v) is 3.06. The number of halogens is 2. The summed E-state index contributed by atoms with van der Waals surface area (Å²) in [6.45, 7) is 9.06. The van der Waals surface area contributed by atoms with Crippen LogP contribution < -0.4 is 4.74 Å². The largest absolute Gasteiger partial charge is 0.493 e. The molecular formula is C14H20BrClO. The predicted molar refractivity (Wildman–Crippen MR) is 78.9 cm³/mol. The first-order chi connectivity index (χ1) is 8.02. The van der Waals surface area contributed by atoms with Crippen molar-refractivity contribution >= 4 is 27.5 Å². The van der Waals surface area contributed by atoms with E-state index in [9.17, 15) is 0 Å². The highest BCUT2D eigenvalue weighted by Gasteiger charge is 2.18. The fraction of sp³-hybridized carbons (Fsp3) is 0.571. The molecule has 0 bridgehead atoms. The smallest absolute Gasteiger partial charge is 0.126 e. The van der Waals surface area contributed by atoms with Gasteiger partial charge in [0.2, 0.25) is 0 Å². The number of benzene rings is 1. The molecule has 0 radical (unpaired) electrons. The first kappa shape index (κ1) is 14.8. The second-order valence-corrected chi connectivity index (χ2v) is 5.56. The van der Waals surface area contributed by atoms with E-state index in [1.54, 1.807) is 0 Å². The van der Waals surface area contributed by atoms with E-state index in [4.69, 9.17) is 16.3 Å². The Hall–Kier alpha value is -0.210. The highest BCUT2D eigenvalue weighted by atomic mass is 79.9. The molecule has 0 spiro atoms. The van der Waals surface area contributed by atoms with Gasteiger partial charge in [0, 0.05) is 15.9 Å². The second kappa shape index (κ2) is 6.65. The summed E-state index contributed by atoms with van der Waals surface area (Å²) in [5.41, 5.74) is 3.53. The molecule has 17 heavy (non-hydrogen) atoms. The number of ether oxygens (including phenoxy) is 1. The third-order valence-electron chi connectivity index (χ3n) is 3.03. The van der Waals surface area contributed by atoms with Crippen LogP contribution in [-0.4, -0.2) is 11.9 Å². The Labute approximate surface area is 118 Å². The highest BCUT2D eigenvalue weighted by Crippen LogP contribution is 2.38. The summed E-state index contributed by atoms with van der Waals surface area (Å²) in [6.07, 6.45) is 1.08. The SMILES string of the molecule is CCOc1c(C)cc(Cl)c(C)c1C(C)CCBr. The molecule has 0 saturated carbocycles. The summed E-state index contributed by atoms with van der Waals surface area (Å²) in [5.74, 6) is 1.47. The van der Waals surface area contributed by atoms with E-state index in [0.717, 1.165) is 33.6 Å². The average molecular weight is 320 g/mol. The summed E-state index contributed by atoms with van der Waals surface area (Å²) in [4.78, 5) is 0. The zero-order valence-electron chi connectivity index (χ0n) is 10.9. The van der Waals surface area contributed by atoms with Gasteiger partial charge in [-0.15, -0.1) is 0 Å². The summed E-state index contributed by atoms with van der Waals surface area (Å²) >= 11 is 9.77. The molecule has 1 rings (SSSR count). The summed E-state index contributed by atoms with van der Waals surface area (Å²) in [6, 6.07) is 1.99. The van der Waals surface area contributed by atoms with Crippen LogP contribution in [0.4, 0.5) is 0 Å². The van der Waals surface area contributed by atoms with Crippen molar-refractivity contribution in [1.29, 1.82) is 0 Å². The lowest BCUT2D eigenvalue weighted by Gasteiger charge is -2.21. The van der Waals surface area contributed by atoms with Gasteiger partial charge in [0.15, 0.2) is 0 Å². The number of rotatable bonds is 5. The number of alkyl halides is 1. The lowest BCUT2D eigenvalue weighted by atomic mass is 9.91. The van der Waals surface area contributed by atoms with Crippen LogP contribution in [0, 0.1) is 13.8 Å². The lowest BCUT2D eigenvalue weighted by Crippen LogP contribution is -2.05. The zero-order chi connectivity index (χ0) is 13.0. The maximum absolute atomic E-state index is 6.27. The van der Waals surface area contributed by atoms with E-state index in [-0.39, 0.29) is 0 Å². The van der Waals surface area contributed by atoms with Gasteiger partial charge >= 0.3 is 0 Å². The molecule has 1 atom stereocenters. The molecule has 1 unspecified atom stereocenters. The quantitative estimate of drug-likeness (QED) is 0.674. The van der Waals surface area contributed by atoms with Crippen molar-refractivity contribution in [1.82, 2.24) is 0 Å². The fourth-order valence-electron chi connectivity index (χ4n) is 2.11. The Kier molecular flexibility index (Phi) is 5.81. The first-order valence-electron chi connectivity index (χ1n) is 6.01. The van der Waals surface area contributed by atoms with Crippen LogP contribution in [0.5, 0.6) is 5.75 Å². The highest BCUT2D eigenvalue weighted by molar-refractivity contribution is 9.09. The third kappa shape index (κ3) is 3.38. The van der Waals surface area contributed by atoms with Gasteiger partial charge in [-0.2, -0.15) is 0 Å². The maximum Gasteiger partial charge on any atom is 0.126 e. The van der Waals surface area contributed by atoms with Gasteiger partial charge in [0.05, 0.1) is 6.61 Å². The molecule has 0 saturated heterocycles. The van der Waals surface area contributed by atoms with Crippen molar-refractivity contribution in [3.05, 3.63) is 27.8 Å². The molecule has 0 fully saturated rings. The minimum Gasteiger partial charge on any atom is -0.493 e. The van der Waals surface area contributed by atoms with Gasteiger partial charge in [-0.25, -0.2) is 0 Å². The molecule has 0 amide bonds. The summed E-state index contributed by atoms with van der Waals surface area (Å²) in [5, 5.41) is 1.83. The van der Waals surface area contributed by atoms with E-state index < -0.39 is 0 Å². The van der Waals surface area contributed by atoms with Gasteiger partial charge in [0.1, 0.15) is 5.75 Å². The zero-order valence-corrected chi connectivity index (χ0v) is 13.3. The monoisotopic (exact) mass is 318 g/mol. The minimum absolute atomic E-state index is 0.452. The lowest BCUT2D eigenvalue weighted by molar-refractivity contribution is 0.331. The third-order valence-corrected chi connectivity index (χ3v) is 3.88. The average Bonchev–Trinajstić information content (AvgIpc) is 2.26. The van der Waals surface area contributed by atoms with Crippen LogP contribution in [0.1, 0.15) is 42.9 Å². The van der Waals surface area contributed by atoms with Crippen LogP contribution in [0.25, 0.3) is 0 Å². The maximum atomic E-state index is 6.27. The van der Waals surface area contributed by atoms with E-state index in [1.165, 1.54) is 5.56 Å². The normalized spacial score (nSPS) is 12.6. The topological polar surface area (TPSA) is 9.23 Å². The Balaban J connectivity index is 3.30. The van der Waals surface area contributed by atoms with E-state index in [2.05, 4.69) is 36.7 Å². The van der Waals surface area contributed by atoms with Gasteiger partial charge < -0.3 is 4.74 Å². The second-order valence-electron chi connectivity index (χ2n) is 4.35. The van der Waals surface area contributed by atoms with Gasteiger partial charge in [-0.1, -0.05) is 34.5 Å². The summed E-state index contributed by atoms with van der Waals surface area (Å²) in [7, 11) is 0. The standard InChI is InChI=1S/C14H20BrClO/c1-5-17-14-10(3)8-12(16)11(4)13(14)9(2)6-7-15/h8-9H,5-7H2,1-4H3. The van der Waals surface area contributed by atoms with Crippen molar-refractivity contribution in [3.63, 3.8) is 0 Å². The van der Waals surface area contributed by atoms with Crippen molar-refractivity contribution < 1.29 is 4.74 Å². The molecule has 1 aromatic carbocycles. The Morgan fingerprint density at radius 3 is 2.59 bits per heavy atom. The molecule has 96 valence electrons. The molecule has 1 aromatic rings. The number of aryl methyl sites for hydroxylation is 1. The molecule has 1 nitrogen and oxygen atoms in total. The molecule has 0 aliphatic heterocycles. The molecule has 0 aliphatic carbocycles. The van der Waals surface area contributed by atoms with Crippen LogP contribution in [0.15, 0.2) is 6.07 Å². The van der Waals surface area contributed by atoms with Crippen LogP contribution >= 0.6 is 27.5 Å². The predicted octanol–water partition coefficient (Wildman–Crippen LogP) is 5.24. The Morgan fingerprint density at radius 2 is 2.06 bits per heavy atom. The number of hydrogen-bond acceptors (Lipinski definition) is 1. The van der Waals surface area contributed by atoms with Crippen LogP contribution in [0.2, 0.25) is 5.02 Å². The van der Waals surface area contributed by atoms with Crippen LogP contribution in [-0.2, 0) is 0 Å². The number of hydrogen-bond donors (Lipinski definition) is 0. The van der Waals surface area contributed by atoms with Crippen molar-refractivity contribution in [2.75, 3.05) is 11.9 Å². The molecule has 0 aliphatic rings. The van der Waals surface area contributed by atoms with E-state index in [1.807, 2.05) is 13.0 Å². The minimum atomic E-state index is 0.452. The van der Waals surface area contributed by atoms with Gasteiger partial charge in [-0.05, 0) is 50.3 Å². The van der Waals surface area contributed by atoms with Crippen molar-refractivity contribution in [2.24, 2.45) is 0 Å². The van der Waals surface area contributed by atoms with Gasteiger partial charge in [0.25, 0.3) is 0 Å². The van der Waals surface area contributed by atoms with E-state index in [0.29, 0.717) is 12.5 Å². The first-order valence-corrected chi connectivity index (χ1v) is 7.51. The van der Waals surface area contributed by atoms with Crippen molar-refractivity contribution in [2.45, 2.75) is 40.0 Å². The van der Waals surface area contributed by atoms with Crippen molar-refractivity contribution in [3.8, 4) is 5.75 Å². The Bertz CT molecular complexity index is 390. The van der Waals surface area contributed by atoms with E-state index >= 15 is 0 Å². The molecule has 0 N–H and O–H groups in total. The van der Waals surface area contributed by atoms with Gasteiger partial charge in [-0.3, -0.25) is 0 Å². The molecular weight excluding hydrogens is 300 g/mol.